The summed E-state index contributed by atoms with van der Waals surface area (Å²) in [7, 11) is -6.25. The van der Waals surface area contributed by atoms with Crippen molar-refractivity contribution in [3.63, 3.8) is 0 Å². The van der Waals surface area contributed by atoms with E-state index >= 15 is 0 Å². The van der Waals surface area contributed by atoms with Crippen LogP contribution in [0.25, 0.3) is 0 Å². The predicted molar refractivity (Wildman–Crippen MR) is 68.3 cm³/mol. The molecule has 4 nitrogen and oxygen atoms in total. The highest BCUT2D eigenvalue weighted by Gasteiger charge is 2.67. The average molecular weight is 364 g/mol. The first-order chi connectivity index (χ1) is 10.3. The lowest BCUT2D eigenvalue weighted by atomic mass is 9.54. The number of hydrogen-bond acceptors (Lipinski definition) is 3. The first-order valence-electron chi connectivity index (χ1n) is 7.42. The van der Waals surface area contributed by atoms with Crippen molar-refractivity contribution in [1.82, 2.24) is 0 Å². The first kappa shape index (κ1) is 17.3. The summed E-state index contributed by atoms with van der Waals surface area (Å²) in [4.78, 5) is 0. The van der Waals surface area contributed by atoms with E-state index in [1.165, 1.54) is 0 Å². The summed E-state index contributed by atoms with van der Waals surface area (Å²) < 4.78 is 101. The van der Waals surface area contributed by atoms with Crippen LogP contribution in [0.3, 0.4) is 0 Å². The maximum Gasteiger partial charge on any atom is 0.421 e. The molecule has 134 valence electrons. The molecule has 1 unspecified atom stereocenters. The van der Waals surface area contributed by atoms with Crippen LogP contribution in [-0.4, -0.2) is 36.1 Å². The van der Waals surface area contributed by atoms with E-state index in [4.69, 9.17) is 9.29 Å². The Bertz CT molecular complexity index is 550. The van der Waals surface area contributed by atoms with E-state index in [9.17, 15) is 30.4 Å². The summed E-state index contributed by atoms with van der Waals surface area (Å²) in [5.41, 5.74) is -1.37. The van der Waals surface area contributed by atoms with Crippen LogP contribution in [0.4, 0.5) is 22.0 Å². The maximum absolute atomic E-state index is 13.7. The topological polar surface area (TPSA) is 63.6 Å². The standard InChI is InChI=1S/C13H17F5O4S/c14-12(15,16)10(13(17,18)23(19,20)21)22-11-4-7-1-8(5-11)3-9(2-7)6-11/h7-10H,1-6H2,(H,19,20,21). The largest absolute Gasteiger partial charge is 0.421 e. The van der Waals surface area contributed by atoms with Gasteiger partial charge in [0.1, 0.15) is 0 Å². The molecule has 0 aromatic heterocycles. The van der Waals surface area contributed by atoms with Gasteiger partial charge in [0, 0.05) is 0 Å². The van der Waals surface area contributed by atoms with Crippen LogP contribution in [-0.2, 0) is 14.9 Å². The quantitative estimate of drug-likeness (QED) is 0.614. The van der Waals surface area contributed by atoms with Crippen LogP contribution in [0.15, 0.2) is 0 Å². The molecule has 0 amide bonds. The minimum Gasteiger partial charge on any atom is -0.356 e. The molecule has 0 heterocycles. The molecule has 0 aliphatic heterocycles. The molecule has 4 aliphatic rings. The van der Waals surface area contributed by atoms with Gasteiger partial charge in [0.05, 0.1) is 5.60 Å². The van der Waals surface area contributed by atoms with Gasteiger partial charge in [0.2, 0.25) is 6.10 Å². The van der Waals surface area contributed by atoms with E-state index in [0.717, 1.165) is 19.3 Å². The third-order valence-corrected chi connectivity index (χ3v) is 6.20. The van der Waals surface area contributed by atoms with Gasteiger partial charge in [-0.05, 0) is 56.3 Å². The van der Waals surface area contributed by atoms with Gasteiger partial charge >= 0.3 is 21.5 Å². The van der Waals surface area contributed by atoms with Gasteiger partial charge in [-0.3, -0.25) is 4.55 Å². The van der Waals surface area contributed by atoms with Crippen molar-refractivity contribution >= 4 is 10.1 Å². The lowest BCUT2D eigenvalue weighted by molar-refractivity contribution is -0.313. The number of alkyl halides is 5. The monoisotopic (exact) mass is 364 g/mol. The molecule has 4 bridgehead atoms. The molecule has 10 heteroatoms. The summed E-state index contributed by atoms with van der Waals surface area (Å²) in [6, 6.07) is 0. The minimum absolute atomic E-state index is 0.134. The van der Waals surface area contributed by atoms with Crippen molar-refractivity contribution in [2.75, 3.05) is 0 Å². The van der Waals surface area contributed by atoms with Crippen LogP contribution < -0.4 is 0 Å². The Morgan fingerprint density at radius 1 is 0.957 bits per heavy atom. The van der Waals surface area contributed by atoms with E-state index < -0.39 is 33.3 Å². The lowest BCUT2D eigenvalue weighted by Gasteiger charge is -2.57. The number of ether oxygens (including phenoxy) is 1. The van der Waals surface area contributed by atoms with Crippen molar-refractivity contribution in [3.05, 3.63) is 0 Å². The molecule has 0 aromatic rings. The average Bonchev–Trinajstić information content (AvgIpc) is 2.31. The molecular formula is C13H17F5O4S. The molecule has 23 heavy (non-hydrogen) atoms. The second kappa shape index (κ2) is 5.01. The Kier molecular flexibility index (Phi) is 3.78. The Hall–Kier alpha value is -0.480. The fourth-order valence-electron chi connectivity index (χ4n) is 4.89. The lowest BCUT2D eigenvalue weighted by Crippen LogP contribution is -2.59. The van der Waals surface area contributed by atoms with Gasteiger partial charge in [0.15, 0.2) is 0 Å². The van der Waals surface area contributed by atoms with Crippen LogP contribution >= 0.6 is 0 Å². The van der Waals surface area contributed by atoms with Crippen molar-refractivity contribution in [3.8, 4) is 0 Å². The number of halogens is 5. The van der Waals surface area contributed by atoms with Gasteiger partial charge in [-0.25, -0.2) is 0 Å². The zero-order chi connectivity index (χ0) is 17.3. The summed E-state index contributed by atoms with van der Waals surface area (Å²) in [5.74, 6) is 0.401. The molecule has 4 rings (SSSR count). The molecule has 0 saturated heterocycles. The van der Waals surface area contributed by atoms with Gasteiger partial charge in [-0.1, -0.05) is 0 Å². The second-order valence-electron chi connectivity index (χ2n) is 7.18. The number of rotatable bonds is 4. The molecule has 1 N–H and O–H groups in total. The Morgan fingerprint density at radius 3 is 1.65 bits per heavy atom. The smallest absolute Gasteiger partial charge is 0.356 e. The fraction of sp³-hybridized carbons (Fsp3) is 1.00. The highest BCUT2D eigenvalue weighted by molar-refractivity contribution is 7.86. The van der Waals surface area contributed by atoms with Gasteiger partial charge in [-0.2, -0.15) is 30.4 Å². The molecule has 4 saturated carbocycles. The summed E-state index contributed by atoms with van der Waals surface area (Å²) >= 11 is 0. The maximum atomic E-state index is 13.7. The first-order valence-corrected chi connectivity index (χ1v) is 8.86. The number of hydrogen-bond donors (Lipinski definition) is 1. The summed E-state index contributed by atoms with van der Waals surface area (Å²) in [5, 5.41) is -5.44. The van der Waals surface area contributed by atoms with Crippen LogP contribution in [0.1, 0.15) is 38.5 Å². The van der Waals surface area contributed by atoms with Crippen molar-refractivity contribution in [2.45, 2.75) is 61.7 Å². The highest BCUT2D eigenvalue weighted by atomic mass is 32.2. The zero-order valence-electron chi connectivity index (χ0n) is 12.0. The van der Waals surface area contributed by atoms with Crippen molar-refractivity contribution in [2.24, 2.45) is 17.8 Å². The van der Waals surface area contributed by atoms with Gasteiger partial charge < -0.3 is 4.74 Å². The predicted octanol–water partition coefficient (Wildman–Crippen LogP) is 3.38. The highest BCUT2D eigenvalue weighted by Crippen LogP contribution is 2.58. The second-order valence-corrected chi connectivity index (χ2v) is 8.67. The molecule has 0 aromatic carbocycles. The molecule has 0 spiro atoms. The summed E-state index contributed by atoms with van der Waals surface area (Å²) in [6.07, 6.45) is -6.22. The Morgan fingerprint density at radius 2 is 1.35 bits per heavy atom. The van der Waals surface area contributed by atoms with E-state index in [0.29, 0.717) is 0 Å². The summed E-state index contributed by atoms with van der Waals surface area (Å²) in [6.45, 7) is 0. The fourth-order valence-corrected chi connectivity index (χ4v) is 5.34. The van der Waals surface area contributed by atoms with Crippen LogP contribution in [0, 0.1) is 17.8 Å². The van der Waals surface area contributed by atoms with Gasteiger partial charge in [0.25, 0.3) is 0 Å². The van der Waals surface area contributed by atoms with Crippen molar-refractivity contribution in [1.29, 1.82) is 0 Å². The zero-order valence-corrected chi connectivity index (χ0v) is 12.8. The molecular weight excluding hydrogens is 347 g/mol. The Labute approximate surface area is 130 Å². The van der Waals surface area contributed by atoms with E-state index in [2.05, 4.69) is 0 Å². The minimum atomic E-state index is -6.25. The Balaban J connectivity index is 1.91. The molecule has 0 radical (unpaired) electrons. The van der Waals surface area contributed by atoms with E-state index in [1.54, 1.807) is 0 Å². The van der Waals surface area contributed by atoms with Crippen molar-refractivity contribution < 1.29 is 39.7 Å². The van der Waals surface area contributed by atoms with Gasteiger partial charge in [-0.15, -0.1) is 0 Å². The molecule has 4 aliphatic carbocycles. The molecule has 1 atom stereocenters. The SMILES string of the molecule is O=S(=O)(O)C(F)(F)C(OC12CC3CC(CC(C3)C1)C2)C(F)(F)F. The van der Waals surface area contributed by atoms with Crippen LogP contribution in [0.5, 0.6) is 0 Å². The normalized spacial score (nSPS) is 38.8. The van der Waals surface area contributed by atoms with E-state index in [-0.39, 0.29) is 37.0 Å². The third-order valence-electron chi connectivity index (χ3n) is 5.30. The third kappa shape index (κ3) is 2.97. The molecule has 4 fully saturated rings. The van der Waals surface area contributed by atoms with Crippen LogP contribution in [0.2, 0.25) is 0 Å². The van der Waals surface area contributed by atoms with E-state index in [1.807, 2.05) is 0 Å².